The number of methoxy groups -OCH3 is 1. The van der Waals surface area contributed by atoms with Crippen molar-refractivity contribution < 1.29 is 14.3 Å². The van der Waals surface area contributed by atoms with Gasteiger partial charge in [0, 0.05) is 0 Å². The van der Waals surface area contributed by atoms with Crippen molar-refractivity contribution in [1.82, 2.24) is 5.32 Å². The zero-order valence-electron chi connectivity index (χ0n) is 10.3. The van der Waals surface area contributed by atoms with E-state index in [1.807, 2.05) is 0 Å². The van der Waals surface area contributed by atoms with E-state index in [1.165, 1.54) is 0 Å². The van der Waals surface area contributed by atoms with Gasteiger partial charge in [0.2, 0.25) is 0 Å². The molecule has 2 rings (SSSR count). The van der Waals surface area contributed by atoms with Crippen LogP contribution in [0.3, 0.4) is 0 Å². The molecule has 0 aliphatic carbocycles. The molecule has 1 aliphatic heterocycles. The van der Waals surface area contributed by atoms with Crippen LogP contribution in [0, 0.1) is 0 Å². The molecule has 1 fully saturated rings. The summed E-state index contributed by atoms with van der Waals surface area (Å²) in [6.07, 6.45) is 1.83. The summed E-state index contributed by atoms with van der Waals surface area (Å²) >= 11 is 0. The third kappa shape index (κ3) is 3.89. The number of piperidine rings is 1. The van der Waals surface area contributed by atoms with Gasteiger partial charge in [-0.2, -0.15) is 0 Å². The summed E-state index contributed by atoms with van der Waals surface area (Å²) < 4.78 is 10.5. The molecule has 0 amide bonds. The number of hydrogen-bond acceptors (Lipinski definition) is 4. The van der Waals surface area contributed by atoms with E-state index in [4.69, 9.17) is 9.47 Å². The lowest BCUT2D eigenvalue weighted by Gasteiger charge is -2.22. The van der Waals surface area contributed by atoms with Crippen LogP contribution in [-0.2, 0) is 4.74 Å². The highest BCUT2D eigenvalue weighted by molar-refractivity contribution is 5.89. The molecule has 0 bridgehead atoms. The van der Waals surface area contributed by atoms with Crippen molar-refractivity contribution in [1.29, 1.82) is 0 Å². The molecular weight excluding hydrogens is 254 g/mol. The number of halogens is 1. The number of carbonyl (C=O) groups is 1. The molecular formula is C13H18ClNO3. The van der Waals surface area contributed by atoms with Crippen LogP contribution in [0.5, 0.6) is 5.75 Å². The smallest absolute Gasteiger partial charge is 0.338 e. The number of benzene rings is 1. The maximum Gasteiger partial charge on any atom is 0.338 e. The van der Waals surface area contributed by atoms with Gasteiger partial charge in [0.05, 0.1) is 12.7 Å². The third-order valence-electron chi connectivity index (χ3n) is 2.89. The summed E-state index contributed by atoms with van der Waals surface area (Å²) in [4.78, 5) is 11.8. The highest BCUT2D eigenvalue weighted by atomic mass is 35.5. The van der Waals surface area contributed by atoms with Gasteiger partial charge in [-0.3, -0.25) is 0 Å². The van der Waals surface area contributed by atoms with E-state index in [9.17, 15) is 4.79 Å². The lowest BCUT2D eigenvalue weighted by atomic mass is 10.1. The van der Waals surface area contributed by atoms with Crippen LogP contribution in [0.4, 0.5) is 0 Å². The average Bonchev–Trinajstić information content (AvgIpc) is 2.40. The van der Waals surface area contributed by atoms with Crippen molar-refractivity contribution in [3.63, 3.8) is 0 Å². The quantitative estimate of drug-likeness (QED) is 0.855. The highest BCUT2D eigenvalue weighted by Gasteiger charge is 2.18. The first kappa shape index (κ1) is 14.8. The fourth-order valence-electron chi connectivity index (χ4n) is 1.86. The average molecular weight is 272 g/mol. The van der Waals surface area contributed by atoms with Crippen molar-refractivity contribution in [2.24, 2.45) is 0 Å². The Morgan fingerprint density at radius 2 is 1.83 bits per heavy atom. The topological polar surface area (TPSA) is 47.6 Å². The molecule has 0 atom stereocenters. The molecule has 0 aromatic heterocycles. The van der Waals surface area contributed by atoms with Gasteiger partial charge in [-0.25, -0.2) is 4.79 Å². The van der Waals surface area contributed by atoms with Crippen molar-refractivity contribution >= 4 is 18.4 Å². The van der Waals surface area contributed by atoms with E-state index in [0.29, 0.717) is 5.56 Å². The Bertz CT molecular complexity index is 374. The van der Waals surface area contributed by atoms with Crippen molar-refractivity contribution in [3.05, 3.63) is 29.8 Å². The maximum absolute atomic E-state index is 11.8. The van der Waals surface area contributed by atoms with Crippen LogP contribution in [-0.4, -0.2) is 32.3 Å². The van der Waals surface area contributed by atoms with Crippen LogP contribution in [0.1, 0.15) is 23.2 Å². The molecule has 1 aromatic rings. The standard InChI is InChI=1S/C13H17NO3.ClH/c1-16-11-4-2-10(3-5-11)13(15)17-12-6-8-14-9-7-12;/h2-5,12,14H,6-9H2,1H3;1H. The van der Waals surface area contributed by atoms with E-state index in [0.717, 1.165) is 31.7 Å². The van der Waals surface area contributed by atoms with Crippen molar-refractivity contribution in [2.45, 2.75) is 18.9 Å². The molecule has 0 spiro atoms. The van der Waals surface area contributed by atoms with Gasteiger partial charge in [0.15, 0.2) is 0 Å². The first-order chi connectivity index (χ1) is 8.29. The lowest BCUT2D eigenvalue weighted by Crippen LogP contribution is -2.33. The van der Waals surface area contributed by atoms with Crippen molar-refractivity contribution in [2.75, 3.05) is 20.2 Å². The number of hydrogen-bond donors (Lipinski definition) is 1. The normalized spacial score (nSPS) is 15.6. The first-order valence-electron chi connectivity index (χ1n) is 5.85. The molecule has 1 saturated heterocycles. The Morgan fingerprint density at radius 1 is 1.22 bits per heavy atom. The predicted molar refractivity (Wildman–Crippen MR) is 71.5 cm³/mol. The predicted octanol–water partition coefficient (Wildman–Crippen LogP) is 2.03. The van der Waals surface area contributed by atoms with Gasteiger partial charge in [-0.1, -0.05) is 0 Å². The molecule has 1 N–H and O–H groups in total. The molecule has 18 heavy (non-hydrogen) atoms. The summed E-state index contributed by atoms with van der Waals surface area (Å²) in [5, 5.41) is 3.23. The summed E-state index contributed by atoms with van der Waals surface area (Å²) in [5.41, 5.74) is 0.573. The lowest BCUT2D eigenvalue weighted by molar-refractivity contribution is 0.0229. The van der Waals surface area contributed by atoms with Gasteiger partial charge in [-0.15, -0.1) is 12.4 Å². The van der Waals surface area contributed by atoms with Crippen LogP contribution in [0.15, 0.2) is 24.3 Å². The van der Waals surface area contributed by atoms with Crippen LogP contribution in [0.2, 0.25) is 0 Å². The van der Waals surface area contributed by atoms with Gasteiger partial charge in [0.25, 0.3) is 0 Å². The Labute approximate surface area is 113 Å². The van der Waals surface area contributed by atoms with Gasteiger partial charge >= 0.3 is 5.97 Å². The van der Waals surface area contributed by atoms with Gasteiger partial charge in [0.1, 0.15) is 11.9 Å². The van der Waals surface area contributed by atoms with Crippen LogP contribution >= 0.6 is 12.4 Å². The van der Waals surface area contributed by atoms with E-state index >= 15 is 0 Å². The van der Waals surface area contributed by atoms with E-state index in [1.54, 1.807) is 31.4 Å². The highest BCUT2D eigenvalue weighted by Crippen LogP contribution is 2.14. The molecule has 5 heteroatoms. The SMILES string of the molecule is COc1ccc(C(=O)OC2CCNCC2)cc1.Cl. The molecule has 0 unspecified atom stereocenters. The molecule has 100 valence electrons. The number of ether oxygens (including phenoxy) is 2. The van der Waals surface area contributed by atoms with E-state index in [2.05, 4.69) is 5.32 Å². The number of rotatable bonds is 3. The Balaban J connectivity index is 0.00000162. The largest absolute Gasteiger partial charge is 0.497 e. The second-order valence-corrected chi connectivity index (χ2v) is 4.08. The molecule has 4 nitrogen and oxygen atoms in total. The van der Waals surface area contributed by atoms with Crippen LogP contribution < -0.4 is 10.1 Å². The van der Waals surface area contributed by atoms with Gasteiger partial charge < -0.3 is 14.8 Å². The molecule has 1 aromatic carbocycles. The van der Waals surface area contributed by atoms with Crippen molar-refractivity contribution in [3.8, 4) is 5.75 Å². The Hall–Kier alpha value is -1.26. The minimum absolute atomic E-state index is 0. The zero-order valence-corrected chi connectivity index (χ0v) is 11.2. The zero-order chi connectivity index (χ0) is 12.1. The molecule has 0 saturated carbocycles. The summed E-state index contributed by atoms with van der Waals surface area (Å²) in [5.74, 6) is 0.489. The second kappa shape index (κ2) is 7.24. The molecule has 1 aliphatic rings. The Morgan fingerprint density at radius 3 is 2.39 bits per heavy atom. The second-order valence-electron chi connectivity index (χ2n) is 4.08. The van der Waals surface area contributed by atoms with Crippen LogP contribution in [0.25, 0.3) is 0 Å². The van der Waals surface area contributed by atoms with E-state index in [-0.39, 0.29) is 24.5 Å². The minimum atomic E-state index is -0.250. The van der Waals surface area contributed by atoms with Gasteiger partial charge in [-0.05, 0) is 50.2 Å². The first-order valence-corrected chi connectivity index (χ1v) is 5.85. The van der Waals surface area contributed by atoms with E-state index < -0.39 is 0 Å². The molecule has 1 heterocycles. The number of carbonyl (C=O) groups excluding carboxylic acids is 1. The Kier molecular flexibility index (Phi) is 5.95. The number of esters is 1. The summed E-state index contributed by atoms with van der Waals surface area (Å²) in [7, 11) is 1.60. The monoisotopic (exact) mass is 271 g/mol. The fourth-order valence-corrected chi connectivity index (χ4v) is 1.86. The summed E-state index contributed by atoms with van der Waals surface area (Å²) in [6.45, 7) is 1.83. The fraction of sp³-hybridized carbons (Fsp3) is 0.462. The molecule has 0 radical (unpaired) electrons. The summed E-state index contributed by atoms with van der Waals surface area (Å²) in [6, 6.07) is 6.97. The minimum Gasteiger partial charge on any atom is -0.497 e. The number of nitrogens with one attached hydrogen (secondary N) is 1. The maximum atomic E-state index is 11.8. The third-order valence-corrected chi connectivity index (χ3v) is 2.89.